The summed E-state index contributed by atoms with van der Waals surface area (Å²) in [5, 5.41) is 5.22. The minimum Gasteiger partial charge on any atom is -0.337 e. The zero-order chi connectivity index (χ0) is 19.7. The number of hydrogen-bond acceptors (Lipinski definition) is 3. The molecule has 28 heavy (non-hydrogen) atoms. The number of aromatic nitrogens is 2. The van der Waals surface area contributed by atoms with E-state index in [9.17, 15) is 4.79 Å². The number of hydrogen-bond donors (Lipinski definition) is 0. The SMILES string of the molecule is Cc1nn(Cc2cccc(C(=O)N3CCCN(CC4CC4)CC3)c2)c(C)c1Cl. The second-order valence-corrected chi connectivity index (χ2v) is 8.61. The van der Waals surface area contributed by atoms with Crippen LogP contribution in [0.4, 0.5) is 0 Å². The summed E-state index contributed by atoms with van der Waals surface area (Å²) in [6.07, 6.45) is 3.82. The molecule has 0 bridgehead atoms. The van der Waals surface area contributed by atoms with Crippen molar-refractivity contribution in [3.05, 3.63) is 51.8 Å². The molecule has 1 saturated heterocycles. The van der Waals surface area contributed by atoms with Gasteiger partial charge in [0.1, 0.15) is 0 Å². The molecule has 0 N–H and O–H groups in total. The lowest BCUT2D eigenvalue weighted by molar-refractivity contribution is 0.0761. The highest BCUT2D eigenvalue weighted by Crippen LogP contribution is 2.30. The van der Waals surface area contributed by atoms with E-state index in [-0.39, 0.29) is 5.91 Å². The number of carbonyl (C=O) groups is 1. The first kappa shape index (κ1) is 19.5. The van der Waals surface area contributed by atoms with Crippen LogP contribution in [0, 0.1) is 19.8 Å². The third-order valence-electron chi connectivity index (χ3n) is 5.89. The van der Waals surface area contributed by atoms with Crippen LogP contribution in [-0.2, 0) is 6.54 Å². The first-order chi connectivity index (χ1) is 13.5. The molecule has 2 aromatic rings. The van der Waals surface area contributed by atoms with E-state index in [2.05, 4.69) is 10.00 Å². The van der Waals surface area contributed by atoms with Crippen molar-refractivity contribution in [2.45, 2.75) is 39.7 Å². The van der Waals surface area contributed by atoms with Gasteiger partial charge in [-0.25, -0.2) is 0 Å². The van der Waals surface area contributed by atoms with E-state index in [0.717, 1.165) is 61.0 Å². The molecule has 5 nitrogen and oxygen atoms in total. The maximum absolute atomic E-state index is 13.1. The van der Waals surface area contributed by atoms with Crippen LogP contribution in [0.2, 0.25) is 5.02 Å². The van der Waals surface area contributed by atoms with Crippen molar-refractivity contribution in [3.63, 3.8) is 0 Å². The van der Waals surface area contributed by atoms with Crippen LogP contribution in [0.3, 0.4) is 0 Å². The summed E-state index contributed by atoms with van der Waals surface area (Å²) in [6.45, 7) is 9.49. The normalized spacial score (nSPS) is 18.3. The second-order valence-electron chi connectivity index (χ2n) is 8.23. The molecule has 2 aliphatic rings. The van der Waals surface area contributed by atoms with Crippen molar-refractivity contribution in [2.75, 3.05) is 32.7 Å². The van der Waals surface area contributed by atoms with Crippen molar-refractivity contribution in [3.8, 4) is 0 Å². The molecule has 1 aromatic carbocycles. The van der Waals surface area contributed by atoms with Gasteiger partial charge in [0, 0.05) is 31.7 Å². The van der Waals surface area contributed by atoms with Gasteiger partial charge in [-0.2, -0.15) is 5.10 Å². The maximum Gasteiger partial charge on any atom is 0.253 e. The van der Waals surface area contributed by atoms with E-state index in [0.29, 0.717) is 11.6 Å². The average molecular weight is 401 g/mol. The number of halogens is 1. The van der Waals surface area contributed by atoms with Gasteiger partial charge in [0.15, 0.2) is 0 Å². The molecule has 2 heterocycles. The van der Waals surface area contributed by atoms with Gasteiger partial charge in [-0.1, -0.05) is 23.7 Å². The van der Waals surface area contributed by atoms with E-state index in [4.69, 9.17) is 11.6 Å². The van der Waals surface area contributed by atoms with Gasteiger partial charge in [-0.3, -0.25) is 9.48 Å². The summed E-state index contributed by atoms with van der Waals surface area (Å²) in [5.41, 5.74) is 3.63. The third kappa shape index (κ3) is 4.41. The molecule has 150 valence electrons. The highest BCUT2D eigenvalue weighted by Gasteiger charge is 2.26. The third-order valence-corrected chi connectivity index (χ3v) is 6.44. The minimum atomic E-state index is 0.140. The molecule has 2 fully saturated rings. The zero-order valence-corrected chi connectivity index (χ0v) is 17.6. The number of benzene rings is 1. The van der Waals surface area contributed by atoms with E-state index in [1.54, 1.807) is 0 Å². The largest absolute Gasteiger partial charge is 0.337 e. The van der Waals surface area contributed by atoms with Gasteiger partial charge >= 0.3 is 0 Å². The lowest BCUT2D eigenvalue weighted by Gasteiger charge is -2.22. The highest BCUT2D eigenvalue weighted by molar-refractivity contribution is 6.31. The zero-order valence-electron chi connectivity index (χ0n) is 16.8. The Morgan fingerprint density at radius 2 is 2.00 bits per heavy atom. The van der Waals surface area contributed by atoms with E-state index in [1.807, 2.05) is 47.7 Å². The van der Waals surface area contributed by atoms with Crippen molar-refractivity contribution in [1.82, 2.24) is 19.6 Å². The fourth-order valence-corrected chi connectivity index (χ4v) is 4.14. The van der Waals surface area contributed by atoms with Crippen LogP contribution in [0.1, 0.15) is 46.6 Å². The summed E-state index contributed by atoms with van der Waals surface area (Å²) in [5.74, 6) is 1.04. The fourth-order valence-electron chi connectivity index (χ4n) is 4.01. The molecule has 1 aliphatic heterocycles. The van der Waals surface area contributed by atoms with Crippen LogP contribution in [-0.4, -0.2) is 58.2 Å². The van der Waals surface area contributed by atoms with Crippen LogP contribution in [0.15, 0.2) is 24.3 Å². The monoisotopic (exact) mass is 400 g/mol. The van der Waals surface area contributed by atoms with Crippen LogP contribution in [0.25, 0.3) is 0 Å². The van der Waals surface area contributed by atoms with Gasteiger partial charge in [0.05, 0.1) is 23.0 Å². The first-order valence-corrected chi connectivity index (χ1v) is 10.7. The molecule has 0 unspecified atom stereocenters. The second kappa shape index (κ2) is 8.26. The lowest BCUT2D eigenvalue weighted by Crippen LogP contribution is -2.35. The van der Waals surface area contributed by atoms with Crippen molar-refractivity contribution >= 4 is 17.5 Å². The molecule has 0 atom stereocenters. The Kier molecular flexibility index (Phi) is 5.74. The standard InChI is InChI=1S/C22H29ClN4O/c1-16-21(23)17(2)27(24-16)15-19-5-3-6-20(13-19)22(28)26-10-4-9-25(11-12-26)14-18-7-8-18/h3,5-6,13,18H,4,7-12,14-15H2,1-2H3. The molecule has 1 saturated carbocycles. The van der Waals surface area contributed by atoms with Crippen molar-refractivity contribution in [2.24, 2.45) is 5.92 Å². The topological polar surface area (TPSA) is 41.4 Å². The molecule has 1 amide bonds. The fraction of sp³-hybridized carbons (Fsp3) is 0.545. The highest BCUT2D eigenvalue weighted by atomic mass is 35.5. The van der Waals surface area contributed by atoms with Crippen LogP contribution < -0.4 is 0 Å². The van der Waals surface area contributed by atoms with Crippen molar-refractivity contribution < 1.29 is 4.79 Å². The number of carbonyl (C=O) groups excluding carboxylic acids is 1. The Hall–Kier alpha value is -1.85. The lowest BCUT2D eigenvalue weighted by atomic mass is 10.1. The van der Waals surface area contributed by atoms with Gasteiger partial charge < -0.3 is 9.80 Å². The van der Waals surface area contributed by atoms with E-state index in [1.165, 1.54) is 19.4 Å². The Morgan fingerprint density at radius 1 is 1.18 bits per heavy atom. The number of rotatable bonds is 5. The summed E-state index contributed by atoms with van der Waals surface area (Å²) in [4.78, 5) is 17.6. The van der Waals surface area contributed by atoms with Crippen LogP contribution in [0.5, 0.6) is 0 Å². The molecule has 6 heteroatoms. The molecule has 0 spiro atoms. The van der Waals surface area contributed by atoms with Crippen LogP contribution >= 0.6 is 11.6 Å². The predicted octanol–water partition coefficient (Wildman–Crippen LogP) is 3.76. The first-order valence-electron chi connectivity index (χ1n) is 10.3. The molecule has 0 radical (unpaired) electrons. The van der Waals surface area contributed by atoms with Gasteiger partial charge in [-0.05, 0) is 63.3 Å². The Bertz CT molecular complexity index is 858. The van der Waals surface area contributed by atoms with E-state index < -0.39 is 0 Å². The van der Waals surface area contributed by atoms with Gasteiger partial charge in [-0.15, -0.1) is 0 Å². The summed E-state index contributed by atoms with van der Waals surface area (Å²) in [7, 11) is 0. The Morgan fingerprint density at radius 3 is 2.71 bits per heavy atom. The predicted molar refractivity (Wildman–Crippen MR) is 112 cm³/mol. The number of amides is 1. The number of aryl methyl sites for hydroxylation is 1. The molecular formula is C22H29ClN4O. The smallest absolute Gasteiger partial charge is 0.253 e. The molecular weight excluding hydrogens is 372 g/mol. The summed E-state index contributed by atoms with van der Waals surface area (Å²) >= 11 is 6.26. The molecule has 1 aromatic heterocycles. The van der Waals surface area contributed by atoms with E-state index >= 15 is 0 Å². The van der Waals surface area contributed by atoms with Gasteiger partial charge in [0.2, 0.25) is 0 Å². The molecule has 4 rings (SSSR count). The summed E-state index contributed by atoms with van der Waals surface area (Å²) < 4.78 is 1.91. The number of nitrogens with zero attached hydrogens (tertiary/aromatic N) is 4. The minimum absolute atomic E-state index is 0.140. The van der Waals surface area contributed by atoms with Gasteiger partial charge in [0.25, 0.3) is 5.91 Å². The average Bonchev–Trinajstić information content (AvgIpc) is 3.50. The summed E-state index contributed by atoms with van der Waals surface area (Å²) in [6, 6.07) is 7.93. The maximum atomic E-state index is 13.1. The Balaban J connectivity index is 1.42. The molecule has 1 aliphatic carbocycles. The van der Waals surface area contributed by atoms with Crippen molar-refractivity contribution in [1.29, 1.82) is 0 Å². The Labute approximate surface area is 172 Å². The quantitative estimate of drug-likeness (QED) is 0.767.